The molecule has 0 aliphatic heterocycles. The summed E-state index contributed by atoms with van der Waals surface area (Å²) in [5.74, 6) is -0.117. The van der Waals surface area contributed by atoms with Gasteiger partial charge in [-0.1, -0.05) is 78.9 Å². The van der Waals surface area contributed by atoms with Gasteiger partial charge in [0.05, 0.1) is 11.3 Å². The van der Waals surface area contributed by atoms with Crippen molar-refractivity contribution in [2.75, 3.05) is 6.54 Å². The molecule has 142 valence electrons. The van der Waals surface area contributed by atoms with Crippen LogP contribution in [0.4, 0.5) is 5.69 Å². The molecule has 0 aliphatic rings. The van der Waals surface area contributed by atoms with Crippen molar-refractivity contribution < 1.29 is 9.72 Å². The lowest BCUT2D eigenvalue weighted by atomic mass is 10.1. The maximum absolute atomic E-state index is 13.0. The van der Waals surface area contributed by atoms with Crippen LogP contribution in [0.1, 0.15) is 16.7 Å². The van der Waals surface area contributed by atoms with Crippen molar-refractivity contribution in [1.29, 1.82) is 0 Å². The molecule has 5 heteroatoms. The third-order valence-electron chi connectivity index (χ3n) is 4.61. The molecule has 3 aromatic carbocycles. The average molecular weight is 374 g/mol. The lowest BCUT2D eigenvalue weighted by Gasteiger charge is -2.23. The Balaban J connectivity index is 1.77. The van der Waals surface area contributed by atoms with E-state index in [4.69, 9.17) is 0 Å². The molecule has 0 N–H and O–H groups in total. The quantitative estimate of drug-likeness (QED) is 0.433. The number of carbonyl (C=O) groups excluding carboxylic acids is 1. The zero-order valence-corrected chi connectivity index (χ0v) is 15.5. The third kappa shape index (κ3) is 5.27. The Labute approximate surface area is 164 Å². The Morgan fingerprint density at radius 1 is 0.821 bits per heavy atom. The van der Waals surface area contributed by atoms with Gasteiger partial charge in [0.1, 0.15) is 0 Å². The van der Waals surface area contributed by atoms with E-state index in [1.165, 1.54) is 6.07 Å². The number of benzene rings is 3. The molecule has 0 saturated heterocycles. The maximum atomic E-state index is 13.0. The molecule has 0 bridgehead atoms. The fourth-order valence-electron chi connectivity index (χ4n) is 3.12. The zero-order chi connectivity index (χ0) is 19.8. The standard InChI is InChI=1S/C23H22N2O3/c26-23(17-21-13-7-8-14-22(21)25(27)28)24(18-20-11-5-2-6-12-20)16-15-19-9-3-1-4-10-19/h1-14H,15-18H2. The predicted molar refractivity (Wildman–Crippen MR) is 109 cm³/mol. The van der Waals surface area contributed by atoms with Gasteiger partial charge >= 0.3 is 0 Å². The first-order chi connectivity index (χ1) is 13.6. The molecule has 0 aliphatic carbocycles. The topological polar surface area (TPSA) is 63.4 Å². The minimum Gasteiger partial charge on any atom is -0.338 e. The van der Waals surface area contributed by atoms with Gasteiger partial charge in [-0.2, -0.15) is 0 Å². The average Bonchev–Trinajstić information content (AvgIpc) is 2.72. The normalized spacial score (nSPS) is 10.4. The van der Waals surface area contributed by atoms with Crippen LogP contribution in [0.3, 0.4) is 0 Å². The summed E-state index contributed by atoms with van der Waals surface area (Å²) in [6, 6.07) is 26.2. The van der Waals surface area contributed by atoms with Gasteiger partial charge in [-0.05, 0) is 17.5 Å². The number of nitrogens with zero attached hydrogens (tertiary/aromatic N) is 2. The first kappa shape index (κ1) is 19.3. The minimum absolute atomic E-state index is 0.0127. The van der Waals surface area contributed by atoms with Crippen LogP contribution in [0.15, 0.2) is 84.9 Å². The Hall–Kier alpha value is -3.47. The van der Waals surface area contributed by atoms with Crippen molar-refractivity contribution in [2.45, 2.75) is 19.4 Å². The summed E-state index contributed by atoms with van der Waals surface area (Å²) in [7, 11) is 0. The fraction of sp³-hybridized carbons (Fsp3) is 0.174. The molecule has 0 saturated carbocycles. The first-order valence-corrected chi connectivity index (χ1v) is 9.21. The number of nitro benzene ring substituents is 1. The fourth-order valence-corrected chi connectivity index (χ4v) is 3.12. The summed E-state index contributed by atoms with van der Waals surface area (Å²) in [5, 5.41) is 11.3. The number of rotatable bonds is 8. The number of para-hydroxylation sites is 1. The molecule has 0 heterocycles. The van der Waals surface area contributed by atoms with Gasteiger partial charge in [-0.15, -0.1) is 0 Å². The van der Waals surface area contributed by atoms with Crippen LogP contribution in [-0.4, -0.2) is 22.3 Å². The van der Waals surface area contributed by atoms with E-state index in [9.17, 15) is 14.9 Å². The van der Waals surface area contributed by atoms with E-state index in [0.29, 0.717) is 18.7 Å². The van der Waals surface area contributed by atoms with Crippen LogP contribution in [0.2, 0.25) is 0 Å². The lowest BCUT2D eigenvalue weighted by molar-refractivity contribution is -0.385. The smallest absolute Gasteiger partial charge is 0.273 e. The van der Waals surface area contributed by atoms with E-state index in [1.807, 2.05) is 60.7 Å². The third-order valence-corrected chi connectivity index (χ3v) is 4.61. The predicted octanol–water partition coefficient (Wildman–Crippen LogP) is 4.41. The summed E-state index contributed by atoms with van der Waals surface area (Å²) in [4.78, 5) is 25.6. The monoisotopic (exact) mass is 374 g/mol. The van der Waals surface area contributed by atoms with Gasteiger partial charge in [0.15, 0.2) is 0 Å². The summed E-state index contributed by atoms with van der Waals surface area (Å²) in [6.07, 6.45) is 0.745. The van der Waals surface area contributed by atoms with Crippen LogP contribution in [-0.2, 0) is 24.2 Å². The van der Waals surface area contributed by atoms with Crippen molar-refractivity contribution in [3.8, 4) is 0 Å². The largest absolute Gasteiger partial charge is 0.338 e. The van der Waals surface area contributed by atoms with E-state index in [0.717, 1.165) is 17.5 Å². The van der Waals surface area contributed by atoms with Gasteiger partial charge in [0, 0.05) is 24.7 Å². The second-order valence-corrected chi connectivity index (χ2v) is 6.60. The Morgan fingerprint density at radius 2 is 1.39 bits per heavy atom. The summed E-state index contributed by atoms with van der Waals surface area (Å²) in [6.45, 7) is 1.03. The second-order valence-electron chi connectivity index (χ2n) is 6.60. The zero-order valence-electron chi connectivity index (χ0n) is 15.5. The SMILES string of the molecule is O=C(Cc1ccccc1[N+](=O)[O-])N(CCc1ccccc1)Cc1ccccc1. The lowest BCUT2D eigenvalue weighted by Crippen LogP contribution is -2.33. The highest BCUT2D eigenvalue weighted by molar-refractivity contribution is 5.80. The van der Waals surface area contributed by atoms with Crippen LogP contribution in [0, 0.1) is 10.1 Å². The van der Waals surface area contributed by atoms with E-state index in [-0.39, 0.29) is 18.0 Å². The van der Waals surface area contributed by atoms with Crippen LogP contribution in [0.25, 0.3) is 0 Å². The van der Waals surface area contributed by atoms with Crippen LogP contribution in [0.5, 0.6) is 0 Å². The number of hydrogen-bond donors (Lipinski definition) is 0. The van der Waals surface area contributed by atoms with E-state index < -0.39 is 4.92 Å². The molecule has 0 fully saturated rings. The molecular formula is C23H22N2O3. The highest BCUT2D eigenvalue weighted by Gasteiger charge is 2.20. The highest BCUT2D eigenvalue weighted by atomic mass is 16.6. The van der Waals surface area contributed by atoms with Crippen LogP contribution >= 0.6 is 0 Å². The number of carbonyl (C=O) groups is 1. The molecule has 3 rings (SSSR count). The van der Waals surface area contributed by atoms with Crippen molar-refractivity contribution in [3.05, 3.63) is 112 Å². The maximum Gasteiger partial charge on any atom is 0.273 e. The molecule has 0 spiro atoms. The van der Waals surface area contributed by atoms with Crippen molar-refractivity contribution in [3.63, 3.8) is 0 Å². The summed E-state index contributed by atoms with van der Waals surface area (Å²) in [5.41, 5.74) is 2.61. The Bertz CT molecular complexity index is 927. The van der Waals surface area contributed by atoms with Gasteiger partial charge in [0.25, 0.3) is 5.69 Å². The molecule has 0 atom stereocenters. The number of amides is 1. The Morgan fingerprint density at radius 3 is 2.04 bits per heavy atom. The van der Waals surface area contributed by atoms with Crippen molar-refractivity contribution in [2.24, 2.45) is 0 Å². The van der Waals surface area contributed by atoms with E-state index in [1.54, 1.807) is 23.1 Å². The van der Waals surface area contributed by atoms with Gasteiger partial charge in [-0.3, -0.25) is 14.9 Å². The summed E-state index contributed by atoms with van der Waals surface area (Å²) >= 11 is 0. The van der Waals surface area contributed by atoms with Crippen LogP contribution < -0.4 is 0 Å². The van der Waals surface area contributed by atoms with Gasteiger partial charge in [0.2, 0.25) is 5.91 Å². The molecule has 0 radical (unpaired) electrons. The number of nitro groups is 1. The molecule has 3 aromatic rings. The van der Waals surface area contributed by atoms with Gasteiger partial charge in [-0.25, -0.2) is 0 Å². The molecular weight excluding hydrogens is 352 g/mol. The molecule has 5 nitrogen and oxygen atoms in total. The second kappa shape index (κ2) is 9.46. The molecule has 0 aromatic heterocycles. The molecule has 1 amide bonds. The first-order valence-electron chi connectivity index (χ1n) is 9.21. The minimum atomic E-state index is -0.436. The molecule has 0 unspecified atom stereocenters. The highest BCUT2D eigenvalue weighted by Crippen LogP contribution is 2.19. The molecule has 28 heavy (non-hydrogen) atoms. The van der Waals surface area contributed by atoms with Crippen molar-refractivity contribution in [1.82, 2.24) is 4.90 Å². The van der Waals surface area contributed by atoms with E-state index >= 15 is 0 Å². The van der Waals surface area contributed by atoms with Gasteiger partial charge < -0.3 is 4.90 Å². The van der Waals surface area contributed by atoms with E-state index in [2.05, 4.69) is 0 Å². The van der Waals surface area contributed by atoms with Crippen molar-refractivity contribution >= 4 is 11.6 Å². The Kier molecular flexibility index (Phi) is 6.52. The number of hydrogen-bond acceptors (Lipinski definition) is 3. The summed E-state index contributed by atoms with van der Waals surface area (Å²) < 4.78 is 0.